The number of aromatic carboxylic acids is 1. The molecule has 1 heterocycles. The smallest absolute Gasteiger partial charge is 0.337 e. The van der Waals surface area contributed by atoms with Gasteiger partial charge in [0, 0.05) is 18.3 Å². The summed E-state index contributed by atoms with van der Waals surface area (Å²) in [4.78, 5) is 26.0. The van der Waals surface area contributed by atoms with Crippen LogP contribution in [0.4, 0.5) is 5.69 Å². The molecule has 0 saturated carbocycles. The minimum Gasteiger partial charge on any atom is -0.493 e. The Labute approximate surface area is 120 Å². The second kappa shape index (κ2) is 6.00. The Hall–Kier alpha value is -2.96. The Morgan fingerprint density at radius 3 is 2.38 bits per heavy atom. The van der Waals surface area contributed by atoms with E-state index in [1.165, 1.54) is 26.4 Å². The monoisotopic (exact) mass is 290 g/mol. The van der Waals surface area contributed by atoms with E-state index in [0.717, 1.165) is 0 Å². The van der Waals surface area contributed by atoms with Crippen molar-refractivity contribution in [2.24, 2.45) is 0 Å². The number of carboxylic acid groups (broad SMARTS) is 1. The molecule has 3 N–H and O–H groups in total. The first-order valence-electron chi connectivity index (χ1n) is 6.01. The predicted molar refractivity (Wildman–Crippen MR) is 75.3 cm³/mol. The van der Waals surface area contributed by atoms with Gasteiger partial charge in [0.05, 0.1) is 25.5 Å². The van der Waals surface area contributed by atoms with Crippen LogP contribution in [0.5, 0.6) is 11.5 Å². The third-order valence-electron chi connectivity index (χ3n) is 2.84. The molecular weight excluding hydrogens is 276 g/mol. The maximum absolute atomic E-state index is 12.0. The lowest BCUT2D eigenvalue weighted by molar-refractivity contribution is 0.0697. The molecule has 0 atom stereocenters. The molecule has 1 aromatic heterocycles. The molecule has 0 aliphatic rings. The number of carbonyl (C=O) groups excluding carboxylic acids is 1. The molecule has 21 heavy (non-hydrogen) atoms. The summed E-state index contributed by atoms with van der Waals surface area (Å²) >= 11 is 0. The van der Waals surface area contributed by atoms with Crippen molar-refractivity contribution >= 4 is 17.6 Å². The molecule has 2 rings (SSSR count). The SMILES string of the molecule is COc1cc(NC(=O)c2ccc[nH]2)c(C(=O)O)cc1OC. The molecule has 1 aromatic carbocycles. The molecule has 2 aromatic rings. The predicted octanol–water partition coefficient (Wildman–Crippen LogP) is 1.98. The average molecular weight is 290 g/mol. The van der Waals surface area contributed by atoms with Gasteiger partial charge in [-0.1, -0.05) is 0 Å². The third kappa shape index (κ3) is 2.97. The Balaban J connectivity index is 2.41. The Morgan fingerprint density at radius 2 is 1.86 bits per heavy atom. The summed E-state index contributed by atoms with van der Waals surface area (Å²) in [6, 6.07) is 5.95. The number of H-pyrrole nitrogens is 1. The highest BCUT2D eigenvalue weighted by atomic mass is 16.5. The van der Waals surface area contributed by atoms with Gasteiger partial charge >= 0.3 is 5.97 Å². The highest BCUT2D eigenvalue weighted by molar-refractivity contribution is 6.07. The number of methoxy groups -OCH3 is 2. The van der Waals surface area contributed by atoms with E-state index >= 15 is 0 Å². The molecule has 7 nitrogen and oxygen atoms in total. The van der Waals surface area contributed by atoms with Crippen LogP contribution in [0.15, 0.2) is 30.5 Å². The van der Waals surface area contributed by atoms with Crippen molar-refractivity contribution in [3.05, 3.63) is 41.7 Å². The van der Waals surface area contributed by atoms with E-state index < -0.39 is 11.9 Å². The second-order valence-corrected chi connectivity index (χ2v) is 4.10. The van der Waals surface area contributed by atoms with Gasteiger partial charge in [-0.3, -0.25) is 4.79 Å². The van der Waals surface area contributed by atoms with Crippen LogP contribution in [-0.4, -0.2) is 36.2 Å². The fourth-order valence-corrected chi connectivity index (χ4v) is 1.82. The summed E-state index contributed by atoms with van der Waals surface area (Å²) in [6.07, 6.45) is 1.60. The fraction of sp³-hybridized carbons (Fsp3) is 0.143. The van der Waals surface area contributed by atoms with Crippen LogP contribution >= 0.6 is 0 Å². The van der Waals surface area contributed by atoms with Crippen LogP contribution in [-0.2, 0) is 0 Å². The molecule has 0 aliphatic heterocycles. The van der Waals surface area contributed by atoms with Crippen molar-refractivity contribution < 1.29 is 24.2 Å². The minimum absolute atomic E-state index is 0.0902. The summed E-state index contributed by atoms with van der Waals surface area (Å²) in [5, 5.41) is 11.8. The first-order valence-corrected chi connectivity index (χ1v) is 6.01. The zero-order valence-corrected chi connectivity index (χ0v) is 11.5. The van der Waals surface area contributed by atoms with Gasteiger partial charge in [0.15, 0.2) is 11.5 Å². The topological polar surface area (TPSA) is 101 Å². The lowest BCUT2D eigenvalue weighted by atomic mass is 10.1. The number of hydrogen-bond donors (Lipinski definition) is 3. The van der Waals surface area contributed by atoms with Crippen molar-refractivity contribution in [1.29, 1.82) is 0 Å². The molecular formula is C14H14N2O5. The number of rotatable bonds is 5. The molecule has 0 unspecified atom stereocenters. The van der Waals surface area contributed by atoms with E-state index in [1.807, 2.05) is 0 Å². The largest absolute Gasteiger partial charge is 0.493 e. The Bertz CT molecular complexity index is 664. The van der Waals surface area contributed by atoms with Crippen molar-refractivity contribution in [2.45, 2.75) is 0 Å². The average Bonchev–Trinajstić information content (AvgIpc) is 3.00. The van der Waals surface area contributed by atoms with Gasteiger partial charge in [0.2, 0.25) is 0 Å². The molecule has 110 valence electrons. The van der Waals surface area contributed by atoms with Crippen molar-refractivity contribution in [3.63, 3.8) is 0 Å². The molecule has 0 fully saturated rings. The first kappa shape index (κ1) is 14.4. The van der Waals surface area contributed by atoms with Crippen molar-refractivity contribution in [1.82, 2.24) is 4.98 Å². The number of aromatic nitrogens is 1. The van der Waals surface area contributed by atoms with E-state index in [0.29, 0.717) is 11.4 Å². The molecule has 0 saturated heterocycles. The number of carbonyl (C=O) groups is 2. The third-order valence-corrected chi connectivity index (χ3v) is 2.84. The summed E-state index contributed by atoms with van der Waals surface area (Å²) in [6.45, 7) is 0. The van der Waals surface area contributed by atoms with Gasteiger partial charge in [-0.2, -0.15) is 0 Å². The molecule has 0 bridgehead atoms. The summed E-state index contributed by atoms with van der Waals surface area (Å²) in [5.41, 5.74) is 0.355. The Kier molecular flexibility index (Phi) is 4.13. The number of amides is 1. The number of nitrogens with one attached hydrogen (secondary N) is 2. The highest BCUT2D eigenvalue weighted by Crippen LogP contribution is 2.33. The number of aromatic amines is 1. The number of anilines is 1. The molecule has 7 heteroatoms. The maximum atomic E-state index is 12.0. The number of hydrogen-bond acceptors (Lipinski definition) is 4. The van der Waals surface area contributed by atoms with Crippen LogP contribution in [0.25, 0.3) is 0 Å². The summed E-state index contributed by atoms with van der Waals surface area (Å²) in [7, 11) is 2.83. The minimum atomic E-state index is -1.18. The highest BCUT2D eigenvalue weighted by Gasteiger charge is 2.18. The van der Waals surface area contributed by atoms with E-state index in [9.17, 15) is 14.7 Å². The van der Waals surface area contributed by atoms with Crippen LogP contribution < -0.4 is 14.8 Å². The summed E-state index contributed by atoms with van der Waals surface area (Å²) < 4.78 is 10.2. The van der Waals surface area contributed by atoms with Crippen molar-refractivity contribution in [3.8, 4) is 11.5 Å². The lowest BCUT2D eigenvalue weighted by Crippen LogP contribution is -2.15. The van der Waals surface area contributed by atoms with Crippen LogP contribution in [0.3, 0.4) is 0 Å². The second-order valence-electron chi connectivity index (χ2n) is 4.10. The zero-order valence-electron chi connectivity index (χ0n) is 11.5. The van der Waals surface area contributed by atoms with E-state index in [1.54, 1.807) is 18.3 Å². The quantitative estimate of drug-likeness (QED) is 0.781. The van der Waals surface area contributed by atoms with Crippen LogP contribution in [0, 0.1) is 0 Å². The van der Waals surface area contributed by atoms with Gasteiger partial charge in [0.25, 0.3) is 5.91 Å². The van der Waals surface area contributed by atoms with Crippen molar-refractivity contribution in [2.75, 3.05) is 19.5 Å². The lowest BCUT2D eigenvalue weighted by Gasteiger charge is -2.13. The molecule has 1 amide bonds. The fourth-order valence-electron chi connectivity index (χ4n) is 1.82. The number of ether oxygens (including phenoxy) is 2. The van der Waals surface area contributed by atoms with Gasteiger partial charge in [-0.15, -0.1) is 0 Å². The number of carboxylic acids is 1. The standard InChI is InChI=1S/C14H14N2O5/c1-20-11-6-8(14(18)19)10(7-12(11)21-2)16-13(17)9-4-3-5-15-9/h3-7,15H,1-2H3,(H,16,17)(H,18,19). The first-order chi connectivity index (χ1) is 10.1. The Morgan fingerprint density at radius 1 is 1.19 bits per heavy atom. The summed E-state index contributed by atoms with van der Waals surface area (Å²) in [5.74, 6) is -1.04. The normalized spacial score (nSPS) is 10.0. The molecule has 0 radical (unpaired) electrons. The number of benzene rings is 1. The maximum Gasteiger partial charge on any atom is 0.337 e. The van der Waals surface area contributed by atoms with Crippen LogP contribution in [0.2, 0.25) is 0 Å². The van der Waals surface area contributed by atoms with Crippen LogP contribution in [0.1, 0.15) is 20.8 Å². The van der Waals surface area contributed by atoms with Gasteiger partial charge < -0.3 is 24.9 Å². The zero-order chi connectivity index (χ0) is 15.4. The van der Waals surface area contributed by atoms with Gasteiger partial charge in [-0.05, 0) is 12.1 Å². The van der Waals surface area contributed by atoms with Gasteiger partial charge in [0.1, 0.15) is 5.69 Å². The van der Waals surface area contributed by atoms with E-state index in [-0.39, 0.29) is 17.0 Å². The molecule has 0 spiro atoms. The van der Waals surface area contributed by atoms with E-state index in [2.05, 4.69) is 10.3 Å². The molecule has 0 aliphatic carbocycles. The van der Waals surface area contributed by atoms with Gasteiger partial charge in [-0.25, -0.2) is 4.79 Å². The van der Waals surface area contributed by atoms with E-state index in [4.69, 9.17) is 9.47 Å².